The van der Waals surface area contributed by atoms with Gasteiger partial charge in [0, 0.05) is 24.9 Å². The lowest BCUT2D eigenvalue weighted by atomic mass is 10.1. The lowest BCUT2D eigenvalue weighted by Gasteiger charge is -2.31. The van der Waals surface area contributed by atoms with E-state index in [1.54, 1.807) is 10.3 Å². The fourth-order valence-electron chi connectivity index (χ4n) is 2.22. The van der Waals surface area contributed by atoms with E-state index in [1.165, 1.54) is 11.3 Å². The van der Waals surface area contributed by atoms with Crippen LogP contribution in [0.15, 0.2) is 5.38 Å². The average molecular weight is 313 g/mol. The normalized spacial score (nSPS) is 16.1. The first kappa shape index (κ1) is 15.9. The van der Waals surface area contributed by atoms with Gasteiger partial charge in [-0.2, -0.15) is 0 Å². The Kier molecular flexibility index (Phi) is 5.66. The van der Waals surface area contributed by atoms with Crippen LogP contribution in [0.4, 0.5) is 0 Å². The van der Waals surface area contributed by atoms with E-state index in [9.17, 15) is 9.59 Å². The monoisotopic (exact) mass is 313 g/mol. The molecule has 0 radical (unpaired) electrons. The molecular formula is C13H19N3O4S. The standard InChI is InChI=1S/C13H19N3O4S/c14-4-1-11-15-10(8-21-11)13(19)16-5-2-9(3-6-16)20-7-12(17)18/h8-9H,1-7,14H2,(H,17,18). The zero-order valence-electron chi connectivity index (χ0n) is 11.7. The third kappa shape index (κ3) is 4.48. The minimum absolute atomic E-state index is 0.0776. The van der Waals surface area contributed by atoms with E-state index in [2.05, 4.69) is 4.98 Å². The maximum atomic E-state index is 12.3. The fourth-order valence-corrected chi connectivity index (χ4v) is 3.01. The Bertz CT molecular complexity index is 497. The van der Waals surface area contributed by atoms with Crippen LogP contribution in [0.1, 0.15) is 28.3 Å². The molecule has 1 aromatic rings. The van der Waals surface area contributed by atoms with Crippen molar-refractivity contribution in [3.63, 3.8) is 0 Å². The van der Waals surface area contributed by atoms with Crippen molar-refractivity contribution >= 4 is 23.2 Å². The van der Waals surface area contributed by atoms with Gasteiger partial charge in [-0.1, -0.05) is 0 Å². The van der Waals surface area contributed by atoms with Crippen LogP contribution in [0.3, 0.4) is 0 Å². The minimum atomic E-state index is -0.969. The first-order valence-electron chi connectivity index (χ1n) is 6.87. The SMILES string of the molecule is NCCc1nc(C(=O)N2CCC(OCC(=O)O)CC2)cs1. The first-order valence-corrected chi connectivity index (χ1v) is 7.75. The van der Waals surface area contributed by atoms with E-state index >= 15 is 0 Å². The topological polar surface area (TPSA) is 106 Å². The second-order valence-corrected chi connectivity index (χ2v) is 5.80. The molecule has 3 N–H and O–H groups in total. The predicted molar refractivity (Wildman–Crippen MR) is 77.4 cm³/mol. The Morgan fingerprint density at radius 1 is 1.48 bits per heavy atom. The summed E-state index contributed by atoms with van der Waals surface area (Å²) >= 11 is 1.45. The summed E-state index contributed by atoms with van der Waals surface area (Å²) in [5, 5.41) is 11.2. The zero-order chi connectivity index (χ0) is 15.2. The van der Waals surface area contributed by atoms with Crippen molar-refractivity contribution in [2.75, 3.05) is 26.2 Å². The minimum Gasteiger partial charge on any atom is -0.480 e. The second-order valence-electron chi connectivity index (χ2n) is 4.86. The number of hydrogen-bond donors (Lipinski definition) is 2. The van der Waals surface area contributed by atoms with Crippen LogP contribution in [0.25, 0.3) is 0 Å². The molecule has 0 saturated carbocycles. The smallest absolute Gasteiger partial charge is 0.329 e. The summed E-state index contributed by atoms with van der Waals surface area (Å²) in [6, 6.07) is 0. The molecule has 0 spiro atoms. The molecule has 1 aromatic heterocycles. The number of carboxylic acids is 1. The van der Waals surface area contributed by atoms with Gasteiger partial charge in [0.2, 0.25) is 0 Å². The van der Waals surface area contributed by atoms with Crippen LogP contribution in [0.5, 0.6) is 0 Å². The summed E-state index contributed by atoms with van der Waals surface area (Å²) in [6.07, 6.45) is 1.90. The van der Waals surface area contributed by atoms with E-state index in [4.69, 9.17) is 15.6 Å². The molecule has 1 aliphatic rings. The molecule has 0 aliphatic carbocycles. The number of nitrogens with two attached hydrogens (primary N) is 1. The molecule has 7 nitrogen and oxygen atoms in total. The third-order valence-electron chi connectivity index (χ3n) is 3.30. The molecule has 2 heterocycles. The largest absolute Gasteiger partial charge is 0.480 e. The number of piperidine rings is 1. The highest BCUT2D eigenvalue weighted by molar-refractivity contribution is 7.09. The number of ether oxygens (including phenoxy) is 1. The molecule has 1 amide bonds. The number of thiazole rings is 1. The van der Waals surface area contributed by atoms with Crippen molar-refractivity contribution < 1.29 is 19.4 Å². The van der Waals surface area contributed by atoms with Crippen LogP contribution in [-0.2, 0) is 16.0 Å². The molecule has 2 rings (SSSR count). The molecule has 0 unspecified atom stereocenters. The van der Waals surface area contributed by atoms with Gasteiger partial charge in [0.1, 0.15) is 12.3 Å². The van der Waals surface area contributed by atoms with Crippen molar-refractivity contribution in [2.24, 2.45) is 5.73 Å². The van der Waals surface area contributed by atoms with Gasteiger partial charge in [-0.15, -0.1) is 11.3 Å². The van der Waals surface area contributed by atoms with Gasteiger partial charge >= 0.3 is 5.97 Å². The Labute approximate surface area is 126 Å². The van der Waals surface area contributed by atoms with E-state index < -0.39 is 5.97 Å². The number of aromatic nitrogens is 1. The summed E-state index contributed by atoms with van der Waals surface area (Å²) in [4.78, 5) is 28.8. The number of hydrogen-bond acceptors (Lipinski definition) is 6. The maximum absolute atomic E-state index is 12.3. The maximum Gasteiger partial charge on any atom is 0.329 e. The zero-order valence-corrected chi connectivity index (χ0v) is 12.5. The molecule has 1 aliphatic heterocycles. The number of nitrogens with zero attached hydrogens (tertiary/aromatic N) is 2. The number of amides is 1. The Hall–Kier alpha value is -1.51. The first-order chi connectivity index (χ1) is 10.1. The quantitative estimate of drug-likeness (QED) is 0.785. The summed E-state index contributed by atoms with van der Waals surface area (Å²) in [5.41, 5.74) is 5.94. The molecular weight excluding hydrogens is 294 g/mol. The predicted octanol–water partition coefficient (Wildman–Crippen LogP) is 0.350. The molecule has 0 aromatic carbocycles. The number of carbonyl (C=O) groups excluding carboxylic acids is 1. The van der Waals surface area contributed by atoms with Crippen molar-refractivity contribution in [2.45, 2.75) is 25.4 Å². The highest BCUT2D eigenvalue weighted by Crippen LogP contribution is 2.18. The molecule has 21 heavy (non-hydrogen) atoms. The Morgan fingerprint density at radius 2 is 2.19 bits per heavy atom. The average Bonchev–Trinajstić information content (AvgIpc) is 2.94. The molecule has 0 bridgehead atoms. The lowest BCUT2D eigenvalue weighted by Crippen LogP contribution is -2.41. The molecule has 116 valence electrons. The molecule has 1 saturated heterocycles. The van der Waals surface area contributed by atoms with Crippen LogP contribution in [-0.4, -0.2) is 59.2 Å². The van der Waals surface area contributed by atoms with Gasteiger partial charge in [0.15, 0.2) is 0 Å². The van der Waals surface area contributed by atoms with Crippen molar-refractivity contribution in [1.82, 2.24) is 9.88 Å². The summed E-state index contributed by atoms with van der Waals surface area (Å²) in [6.45, 7) is 1.36. The fraction of sp³-hybridized carbons (Fsp3) is 0.615. The van der Waals surface area contributed by atoms with E-state index in [0.717, 1.165) is 5.01 Å². The van der Waals surface area contributed by atoms with E-state index in [1.807, 2.05) is 0 Å². The number of carboxylic acid groups (broad SMARTS) is 1. The van der Waals surface area contributed by atoms with Gasteiger partial charge in [0.05, 0.1) is 11.1 Å². The molecule has 8 heteroatoms. The Morgan fingerprint density at radius 3 is 2.81 bits per heavy atom. The highest BCUT2D eigenvalue weighted by atomic mass is 32.1. The van der Waals surface area contributed by atoms with Crippen LogP contribution in [0.2, 0.25) is 0 Å². The van der Waals surface area contributed by atoms with Gasteiger partial charge in [-0.05, 0) is 19.4 Å². The summed E-state index contributed by atoms with van der Waals surface area (Å²) in [7, 11) is 0. The van der Waals surface area contributed by atoms with Crippen molar-refractivity contribution in [3.8, 4) is 0 Å². The second kappa shape index (κ2) is 7.48. The summed E-state index contributed by atoms with van der Waals surface area (Å²) < 4.78 is 5.25. The van der Waals surface area contributed by atoms with Crippen LogP contribution < -0.4 is 5.73 Å². The van der Waals surface area contributed by atoms with Crippen LogP contribution in [0, 0.1) is 0 Å². The molecule has 1 fully saturated rings. The van der Waals surface area contributed by atoms with Crippen molar-refractivity contribution in [1.29, 1.82) is 0 Å². The number of aliphatic carboxylic acids is 1. The number of carbonyl (C=O) groups is 2. The third-order valence-corrected chi connectivity index (χ3v) is 4.21. The van der Waals surface area contributed by atoms with Gasteiger partial charge < -0.3 is 20.5 Å². The highest BCUT2D eigenvalue weighted by Gasteiger charge is 2.25. The van der Waals surface area contributed by atoms with Gasteiger partial charge in [-0.3, -0.25) is 4.79 Å². The van der Waals surface area contributed by atoms with Gasteiger partial charge in [-0.25, -0.2) is 9.78 Å². The number of rotatable bonds is 6. The Balaban J connectivity index is 1.83. The summed E-state index contributed by atoms with van der Waals surface area (Å²) in [5.74, 6) is -1.05. The number of likely N-dealkylation sites (tertiary alicyclic amines) is 1. The lowest BCUT2D eigenvalue weighted by molar-refractivity contribution is -0.145. The van der Waals surface area contributed by atoms with Crippen molar-refractivity contribution in [3.05, 3.63) is 16.1 Å². The van der Waals surface area contributed by atoms with E-state index in [0.29, 0.717) is 44.6 Å². The van der Waals surface area contributed by atoms with Gasteiger partial charge in [0.25, 0.3) is 5.91 Å². The van der Waals surface area contributed by atoms with E-state index in [-0.39, 0.29) is 18.6 Å². The molecule has 0 atom stereocenters. The van der Waals surface area contributed by atoms with Crippen LogP contribution >= 0.6 is 11.3 Å².